The first-order valence-electron chi connectivity index (χ1n) is 8.38. The highest BCUT2D eigenvalue weighted by molar-refractivity contribution is 5.97. The second kappa shape index (κ2) is 10.0. The van der Waals surface area contributed by atoms with Crippen molar-refractivity contribution in [3.05, 3.63) is 70.0 Å². The first-order chi connectivity index (χ1) is 13.0. The van der Waals surface area contributed by atoms with E-state index in [4.69, 9.17) is 4.74 Å². The Balaban J connectivity index is 1.62. The lowest BCUT2D eigenvalue weighted by Crippen LogP contribution is -2.25. The maximum absolute atomic E-state index is 12.8. The Bertz CT molecular complexity index is 808. The number of ketones is 1. The lowest BCUT2D eigenvalue weighted by molar-refractivity contribution is -0.384. The van der Waals surface area contributed by atoms with Crippen molar-refractivity contribution in [2.45, 2.75) is 19.3 Å². The molecule has 0 aliphatic carbocycles. The summed E-state index contributed by atoms with van der Waals surface area (Å²) >= 11 is 0. The van der Waals surface area contributed by atoms with Crippen LogP contribution in [-0.2, 0) is 4.79 Å². The molecule has 0 bridgehead atoms. The fourth-order valence-electron chi connectivity index (χ4n) is 2.27. The zero-order chi connectivity index (χ0) is 19.6. The number of nitrogens with zero attached hydrogens (tertiary/aromatic N) is 1. The molecule has 0 aromatic heterocycles. The first kappa shape index (κ1) is 20.0. The zero-order valence-electron chi connectivity index (χ0n) is 14.5. The number of nitro benzene ring substituents is 1. The molecule has 1 N–H and O–H groups in total. The molecule has 1 amide bonds. The number of amides is 1. The lowest BCUT2D eigenvalue weighted by Gasteiger charge is -2.07. The van der Waals surface area contributed by atoms with Crippen LogP contribution < -0.4 is 10.1 Å². The molecule has 0 atom stereocenters. The van der Waals surface area contributed by atoms with Crippen LogP contribution >= 0.6 is 0 Å². The molecule has 7 nitrogen and oxygen atoms in total. The van der Waals surface area contributed by atoms with Crippen molar-refractivity contribution in [2.75, 3.05) is 13.2 Å². The van der Waals surface area contributed by atoms with Gasteiger partial charge in [0.2, 0.25) is 5.91 Å². The van der Waals surface area contributed by atoms with Crippen LogP contribution in [0.1, 0.15) is 29.6 Å². The molecular weight excluding hydrogens is 355 g/mol. The van der Waals surface area contributed by atoms with Crippen molar-refractivity contribution < 1.29 is 23.6 Å². The predicted octanol–water partition coefficient (Wildman–Crippen LogP) is 3.28. The van der Waals surface area contributed by atoms with Crippen molar-refractivity contribution in [1.29, 1.82) is 0 Å². The molecule has 0 aliphatic rings. The van der Waals surface area contributed by atoms with E-state index in [1.807, 2.05) is 0 Å². The van der Waals surface area contributed by atoms with Gasteiger partial charge in [0.25, 0.3) is 5.69 Å². The summed E-state index contributed by atoms with van der Waals surface area (Å²) in [6.45, 7) is 0.647. The number of halogens is 1. The third-order valence-corrected chi connectivity index (χ3v) is 3.69. The lowest BCUT2D eigenvalue weighted by atomic mass is 10.1. The molecule has 8 heteroatoms. The maximum Gasteiger partial charge on any atom is 0.273 e. The number of non-ortho nitro benzene ring substituents is 1. The summed E-state index contributed by atoms with van der Waals surface area (Å²) in [6, 6.07) is 11.0. The quantitative estimate of drug-likeness (QED) is 0.298. The van der Waals surface area contributed by atoms with Gasteiger partial charge in [-0.25, -0.2) is 4.39 Å². The Labute approximate surface area is 155 Å². The summed E-state index contributed by atoms with van der Waals surface area (Å²) in [6.07, 6.45) is 0.601. The van der Waals surface area contributed by atoms with E-state index in [0.29, 0.717) is 24.3 Å². The highest BCUT2D eigenvalue weighted by Crippen LogP contribution is 2.19. The molecule has 0 saturated carbocycles. The Hall–Kier alpha value is -3.29. The van der Waals surface area contributed by atoms with E-state index in [9.17, 15) is 24.1 Å². The van der Waals surface area contributed by atoms with E-state index in [0.717, 1.165) is 0 Å². The monoisotopic (exact) mass is 374 g/mol. The molecule has 0 saturated heterocycles. The minimum absolute atomic E-state index is 0.0433. The number of carbonyl (C=O) groups excluding carboxylic acids is 2. The Morgan fingerprint density at radius 2 is 1.85 bits per heavy atom. The minimum atomic E-state index is -0.500. The summed E-state index contributed by atoms with van der Waals surface area (Å²) in [4.78, 5) is 33.8. The van der Waals surface area contributed by atoms with E-state index >= 15 is 0 Å². The molecular formula is C19H19FN2O5. The molecule has 27 heavy (non-hydrogen) atoms. The molecule has 0 aliphatic heterocycles. The predicted molar refractivity (Wildman–Crippen MR) is 96.2 cm³/mol. The second-order valence-corrected chi connectivity index (χ2v) is 5.74. The van der Waals surface area contributed by atoms with Crippen molar-refractivity contribution >= 4 is 17.4 Å². The van der Waals surface area contributed by atoms with Crippen LogP contribution in [0.2, 0.25) is 0 Å². The van der Waals surface area contributed by atoms with Crippen LogP contribution in [0.4, 0.5) is 10.1 Å². The van der Waals surface area contributed by atoms with E-state index in [2.05, 4.69) is 5.32 Å². The summed E-state index contributed by atoms with van der Waals surface area (Å²) < 4.78 is 18.2. The van der Waals surface area contributed by atoms with E-state index in [1.165, 1.54) is 42.5 Å². The van der Waals surface area contributed by atoms with Crippen molar-refractivity contribution in [3.63, 3.8) is 0 Å². The fourth-order valence-corrected chi connectivity index (χ4v) is 2.27. The minimum Gasteiger partial charge on any atom is -0.493 e. The number of nitro groups is 1. The van der Waals surface area contributed by atoms with E-state index < -0.39 is 10.7 Å². The van der Waals surface area contributed by atoms with Crippen LogP contribution in [0, 0.1) is 15.9 Å². The van der Waals surface area contributed by atoms with Gasteiger partial charge in [-0.1, -0.05) is 6.07 Å². The highest BCUT2D eigenvalue weighted by Gasteiger charge is 2.09. The number of benzene rings is 2. The molecule has 0 spiro atoms. The Morgan fingerprint density at radius 3 is 2.56 bits per heavy atom. The maximum atomic E-state index is 12.8. The van der Waals surface area contributed by atoms with Crippen LogP contribution in [0.3, 0.4) is 0 Å². The van der Waals surface area contributed by atoms with Gasteiger partial charge in [0, 0.05) is 31.0 Å². The van der Waals surface area contributed by atoms with Crippen molar-refractivity contribution in [2.24, 2.45) is 0 Å². The van der Waals surface area contributed by atoms with Crippen LogP contribution in [0.25, 0.3) is 0 Å². The topological polar surface area (TPSA) is 98.5 Å². The van der Waals surface area contributed by atoms with Gasteiger partial charge in [0.15, 0.2) is 5.78 Å². The highest BCUT2D eigenvalue weighted by atomic mass is 19.1. The van der Waals surface area contributed by atoms with E-state index in [1.54, 1.807) is 6.07 Å². The SMILES string of the molecule is O=C(CCC(=O)c1ccc(F)cc1)NCCCOc1cccc([N+](=O)[O-])c1. The number of Topliss-reactive ketones (excluding diaryl/α,β-unsaturated/α-hetero) is 1. The average molecular weight is 374 g/mol. The summed E-state index contributed by atoms with van der Waals surface area (Å²) in [7, 11) is 0. The van der Waals surface area contributed by atoms with Gasteiger partial charge < -0.3 is 10.1 Å². The van der Waals surface area contributed by atoms with Crippen LogP contribution in [-0.4, -0.2) is 29.8 Å². The molecule has 2 aromatic rings. The first-order valence-corrected chi connectivity index (χ1v) is 8.38. The van der Waals surface area contributed by atoms with Gasteiger partial charge in [0.05, 0.1) is 17.6 Å². The number of rotatable bonds is 10. The van der Waals surface area contributed by atoms with Gasteiger partial charge in [-0.3, -0.25) is 19.7 Å². The average Bonchev–Trinajstić information content (AvgIpc) is 2.66. The molecule has 142 valence electrons. The number of carbonyl (C=O) groups is 2. The molecule has 0 heterocycles. The largest absolute Gasteiger partial charge is 0.493 e. The third-order valence-electron chi connectivity index (χ3n) is 3.69. The summed E-state index contributed by atoms with van der Waals surface area (Å²) in [5.41, 5.74) is 0.321. The van der Waals surface area contributed by atoms with Gasteiger partial charge in [0.1, 0.15) is 11.6 Å². The summed E-state index contributed by atoms with van der Waals surface area (Å²) in [5, 5.41) is 13.4. The van der Waals surface area contributed by atoms with Crippen LogP contribution in [0.15, 0.2) is 48.5 Å². The smallest absolute Gasteiger partial charge is 0.273 e. The van der Waals surface area contributed by atoms with Gasteiger partial charge in [-0.2, -0.15) is 0 Å². The summed E-state index contributed by atoms with van der Waals surface area (Å²) in [5.74, 6) is -0.517. The normalized spacial score (nSPS) is 10.3. The third kappa shape index (κ3) is 6.85. The van der Waals surface area contributed by atoms with Crippen molar-refractivity contribution in [1.82, 2.24) is 5.32 Å². The Kier molecular flexibility index (Phi) is 7.42. The standard InChI is InChI=1S/C19H19FN2O5/c20-15-7-5-14(6-8-15)18(23)9-10-19(24)21-11-2-12-27-17-4-1-3-16(13-17)22(25)26/h1,3-8,13H,2,9-12H2,(H,21,24). The van der Waals surface area contributed by atoms with Gasteiger partial charge in [-0.15, -0.1) is 0 Å². The number of hydrogen-bond acceptors (Lipinski definition) is 5. The van der Waals surface area contributed by atoms with Gasteiger partial charge in [-0.05, 0) is 36.8 Å². The fraction of sp³-hybridized carbons (Fsp3) is 0.263. The van der Waals surface area contributed by atoms with Crippen LogP contribution in [0.5, 0.6) is 5.75 Å². The molecule has 0 radical (unpaired) electrons. The Morgan fingerprint density at radius 1 is 1.11 bits per heavy atom. The van der Waals surface area contributed by atoms with Crippen molar-refractivity contribution in [3.8, 4) is 5.75 Å². The number of hydrogen-bond donors (Lipinski definition) is 1. The van der Waals surface area contributed by atoms with E-state index in [-0.39, 0.29) is 36.8 Å². The molecule has 0 unspecified atom stereocenters. The molecule has 2 rings (SSSR count). The molecule has 2 aromatic carbocycles. The molecule has 0 fully saturated rings. The number of nitrogens with one attached hydrogen (secondary N) is 1. The second-order valence-electron chi connectivity index (χ2n) is 5.74. The number of ether oxygens (including phenoxy) is 1. The zero-order valence-corrected chi connectivity index (χ0v) is 14.5. The van der Waals surface area contributed by atoms with Gasteiger partial charge >= 0.3 is 0 Å².